The van der Waals surface area contributed by atoms with Crippen LogP contribution in [0, 0.1) is 0 Å². The Hall–Kier alpha value is -5.18. The van der Waals surface area contributed by atoms with Gasteiger partial charge in [0, 0.05) is 32.0 Å². The number of anilines is 3. The van der Waals surface area contributed by atoms with E-state index in [1.54, 1.807) is 0 Å². The number of thiophene rings is 1. The van der Waals surface area contributed by atoms with Crippen LogP contribution in [0.25, 0.3) is 53.2 Å². The predicted molar refractivity (Wildman–Crippen MR) is 195 cm³/mol. The van der Waals surface area contributed by atoms with E-state index in [4.69, 9.17) is 0 Å². The van der Waals surface area contributed by atoms with Crippen molar-refractivity contribution in [2.24, 2.45) is 0 Å². The third-order valence-electron chi connectivity index (χ3n) is 9.67. The van der Waals surface area contributed by atoms with E-state index in [1.807, 2.05) is 11.3 Å². The lowest BCUT2D eigenvalue weighted by Gasteiger charge is -2.27. The molecule has 1 heterocycles. The smallest absolute Gasteiger partial charge is 0.0640 e. The van der Waals surface area contributed by atoms with Crippen molar-refractivity contribution in [3.8, 4) is 22.3 Å². The first-order chi connectivity index (χ1) is 22.1. The number of benzene rings is 7. The first-order valence-electron chi connectivity index (χ1n) is 15.6. The van der Waals surface area contributed by atoms with Gasteiger partial charge in [-0.3, -0.25) is 0 Å². The maximum atomic E-state index is 2.45. The van der Waals surface area contributed by atoms with E-state index >= 15 is 0 Å². The average Bonchev–Trinajstić information content (AvgIpc) is 3.58. The normalized spacial score (nSPS) is 13.3. The molecule has 9 rings (SSSR count). The first-order valence-corrected chi connectivity index (χ1v) is 16.4. The van der Waals surface area contributed by atoms with Gasteiger partial charge in [0.05, 0.1) is 16.1 Å². The zero-order valence-corrected chi connectivity index (χ0v) is 26.1. The number of fused-ring (bicyclic) bond motifs is 7. The first kappa shape index (κ1) is 26.2. The standard InChI is InChI=1S/C43H31NS/c1-43(2)37-17-7-5-14-33(37)36-27-30(23-26-38(36)43)28-21-24-31(25-22-28)44(39-18-9-12-29-11-3-4-13-32(29)39)40-19-10-16-35-34-15-6-8-20-41(34)45-42(35)40/h3-27H,1-2H3. The molecule has 8 aromatic rings. The molecule has 0 spiro atoms. The van der Waals surface area contributed by atoms with Crippen LogP contribution in [0.3, 0.4) is 0 Å². The Morgan fingerprint density at radius 2 is 1.13 bits per heavy atom. The van der Waals surface area contributed by atoms with Crippen molar-refractivity contribution in [3.63, 3.8) is 0 Å². The molecule has 1 aromatic heterocycles. The highest BCUT2D eigenvalue weighted by atomic mass is 32.1. The third-order valence-corrected chi connectivity index (χ3v) is 10.9. The van der Waals surface area contributed by atoms with Crippen molar-refractivity contribution in [2.75, 3.05) is 4.90 Å². The molecule has 0 saturated heterocycles. The Morgan fingerprint density at radius 3 is 2.02 bits per heavy atom. The Kier molecular flexibility index (Phi) is 5.78. The Labute approximate surface area is 267 Å². The predicted octanol–water partition coefficient (Wildman–Crippen LogP) is 12.7. The van der Waals surface area contributed by atoms with Crippen molar-refractivity contribution in [2.45, 2.75) is 19.3 Å². The molecule has 2 heteroatoms. The maximum absolute atomic E-state index is 2.45. The van der Waals surface area contributed by atoms with Gasteiger partial charge in [0.2, 0.25) is 0 Å². The summed E-state index contributed by atoms with van der Waals surface area (Å²) >= 11 is 1.88. The van der Waals surface area contributed by atoms with Gasteiger partial charge in [0.15, 0.2) is 0 Å². The lowest BCUT2D eigenvalue weighted by molar-refractivity contribution is 0.660. The average molecular weight is 594 g/mol. The van der Waals surface area contributed by atoms with Gasteiger partial charge < -0.3 is 4.90 Å². The van der Waals surface area contributed by atoms with E-state index in [2.05, 4.69) is 170 Å². The van der Waals surface area contributed by atoms with Crippen LogP contribution in [0.5, 0.6) is 0 Å². The molecule has 0 fully saturated rings. The summed E-state index contributed by atoms with van der Waals surface area (Å²) in [6.07, 6.45) is 0. The van der Waals surface area contributed by atoms with Crippen LogP contribution in [0.4, 0.5) is 17.1 Å². The second kappa shape index (κ2) is 9.92. The van der Waals surface area contributed by atoms with Crippen molar-refractivity contribution >= 4 is 59.3 Å². The summed E-state index contributed by atoms with van der Waals surface area (Å²) in [6.45, 7) is 4.68. The summed E-state index contributed by atoms with van der Waals surface area (Å²) in [5, 5.41) is 5.09. The monoisotopic (exact) mass is 593 g/mol. The maximum Gasteiger partial charge on any atom is 0.0640 e. The minimum atomic E-state index is 0.0148. The van der Waals surface area contributed by atoms with Gasteiger partial charge in [-0.15, -0.1) is 11.3 Å². The second-order valence-electron chi connectivity index (χ2n) is 12.6. The molecular formula is C43H31NS. The molecular weight excluding hydrogens is 563 g/mol. The van der Waals surface area contributed by atoms with E-state index in [0.717, 1.165) is 5.69 Å². The molecule has 214 valence electrons. The van der Waals surface area contributed by atoms with Gasteiger partial charge in [0.1, 0.15) is 0 Å². The third kappa shape index (κ3) is 3.99. The van der Waals surface area contributed by atoms with Gasteiger partial charge in [-0.2, -0.15) is 0 Å². The number of nitrogens with zero attached hydrogens (tertiary/aromatic N) is 1. The van der Waals surface area contributed by atoms with Crippen molar-refractivity contribution < 1.29 is 0 Å². The lowest BCUT2D eigenvalue weighted by Crippen LogP contribution is -2.14. The highest BCUT2D eigenvalue weighted by molar-refractivity contribution is 7.26. The minimum absolute atomic E-state index is 0.0148. The Morgan fingerprint density at radius 1 is 0.489 bits per heavy atom. The summed E-state index contributed by atoms with van der Waals surface area (Å²) in [7, 11) is 0. The van der Waals surface area contributed by atoms with Gasteiger partial charge in [-0.25, -0.2) is 0 Å². The van der Waals surface area contributed by atoms with Gasteiger partial charge in [0.25, 0.3) is 0 Å². The topological polar surface area (TPSA) is 3.24 Å². The highest BCUT2D eigenvalue weighted by Gasteiger charge is 2.35. The molecule has 0 unspecified atom stereocenters. The molecule has 1 nitrogen and oxygen atoms in total. The van der Waals surface area contributed by atoms with Crippen LogP contribution >= 0.6 is 11.3 Å². The zero-order valence-electron chi connectivity index (χ0n) is 25.3. The Bertz CT molecular complexity index is 2410. The molecule has 0 bridgehead atoms. The Balaban J connectivity index is 1.21. The van der Waals surface area contributed by atoms with Crippen LogP contribution in [-0.2, 0) is 5.41 Å². The molecule has 1 aliphatic carbocycles. The number of hydrogen-bond donors (Lipinski definition) is 0. The van der Waals surface area contributed by atoms with E-state index in [9.17, 15) is 0 Å². The summed E-state index contributed by atoms with van der Waals surface area (Å²) in [4.78, 5) is 2.45. The van der Waals surface area contributed by atoms with E-state index in [-0.39, 0.29) is 5.41 Å². The van der Waals surface area contributed by atoms with Crippen molar-refractivity contribution in [3.05, 3.63) is 163 Å². The van der Waals surface area contributed by atoms with Gasteiger partial charge in [-0.1, -0.05) is 129 Å². The molecule has 0 saturated carbocycles. The summed E-state index contributed by atoms with van der Waals surface area (Å²) in [5.41, 5.74) is 11.5. The van der Waals surface area contributed by atoms with Crippen LogP contribution in [0.2, 0.25) is 0 Å². The number of rotatable bonds is 4. The van der Waals surface area contributed by atoms with Gasteiger partial charge in [-0.05, 0) is 75.2 Å². The molecule has 0 radical (unpaired) electrons. The quantitative estimate of drug-likeness (QED) is 0.196. The highest BCUT2D eigenvalue weighted by Crippen LogP contribution is 2.50. The van der Waals surface area contributed by atoms with Crippen LogP contribution in [0.15, 0.2) is 152 Å². The van der Waals surface area contributed by atoms with Crippen molar-refractivity contribution in [1.82, 2.24) is 0 Å². The summed E-state index contributed by atoms with van der Waals surface area (Å²) in [5.74, 6) is 0. The van der Waals surface area contributed by atoms with E-state index < -0.39 is 0 Å². The SMILES string of the molecule is CC1(C)c2ccccc2-c2cc(-c3ccc(N(c4cccc5ccccc45)c4cccc5c4sc4ccccc45)cc3)ccc21. The van der Waals surface area contributed by atoms with Crippen LogP contribution in [0.1, 0.15) is 25.0 Å². The molecule has 1 aliphatic rings. The lowest BCUT2D eigenvalue weighted by atomic mass is 9.82. The largest absolute Gasteiger partial charge is 0.308 e. The molecule has 0 aliphatic heterocycles. The summed E-state index contributed by atoms with van der Waals surface area (Å²) < 4.78 is 2.62. The van der Waals surface area contributed by atoms with Gasteiger partial charge >= 0.3 is 0 Å². The second-order valence-corrected chi connectivity index (χ2v) is 13.6. The zero-order chi connectivity index (χ0) is 30.1. The summed E-state index contributed by atoms with van der Waals surface area (Å²) in [6, 6.07) is 55.8. The molecule has 0 atom stereocenters. The fourth-order valence-corrected chi connectivity index (χ4v) is 8.63. The fraction of sp³-hybridized carbons (Fsp3) is 0.0698. The molecule has 0 N–H and O–H groups in total. The molecule has 45 heavy (non-hydrogen) atoms. The molecule has 0 amide bonds. The fourth-order valence-electron chi connectivity index (χ4n) is 7.42. The van der Waals surface area contributed by atoms with Crippen LogP contribution in [-0.4, -0.2) is 0 Å². The van der Waals surface area contributed by atoms with E-state index in [0.29, 0.717) is 0 Å². The molecule has 7 aromatic carbocycles. The number of hydrogen-bond acceptors (Lipinski definition) is 2. The minimum Gasteiger partial charge on any atom is -0.308 e. The van der Waals surface area contributed by atoms with Crippen LogP contribution < -0.4 is 4.90 Å². The van der Waals surface area contributed by atoms with E-state index in [1.165, 1.54) is 75.7 Å². The van der Waals surface area contributed by atoms with Crippen molar-refractivity contribution in [1.29, 1.82) is 0 Å².